The zero-order valence-electron chi connectivity index (χ0n) is 13.5. The van der Waals surface area contributed by atoms with Crippen LogP contribution in [0.5, 0.6) is 0 Å². The topological polar surface area (TPSA) is 87.3 Å². The molecule has 23 heavy (non-hydrogen) atoms. The van der Waals surface area contributed by atoms with Crippen molar-refractivity contribution in [3.8, 4) is 0 Å². The molecule has 128 valence electrons. The summed E-state index contributed by atoms with van der Waals surface area (Å²) in [7, 11) is -3.32. The molecule has 1 aromatic rings. The van der Waals surface area contributed by atoms with Crippen LogP contribution < -0.4 is 15.4 Å². The second-order valence-corrected chi connectivity index (χ2v) is 7.79. The van der Waals surface area contributed by atoms with Crippen LogP contribution in [0.3, 0.4) is 0 Å². The molecule has 6 nitrogen and oxygen atoms in total. The first-order valence-electron chi connectivity index (χ1n) is 8.09. The smallest absolute Gasteiger partial charge is 0.232 e. The quantitative estimate of drug-likeness (QED) is 0.677. The van der Waals surface area contributed by atoms with Crippen LogP contribution in [0, 0.1) is 5.92 Å². The lowest BCUT2D eigenvalue weighted by Gasteiger charge is -2.11. The average molecular weight is 339 g/mol. The molecular formula is C16H25N3O3S. The Bertz CT molecular complexity index is 625. The number of carbonyl (C=O) groups is 1. The summed E-state index contributed by atoms with van der Waals surface area (Å²) in [5.41, 5.74) is 1.08. The van der Waals surface area contributed by atoms with Gasteiger partial charge in [0.05, 0.1) is 11.4 Å². The minimum absolute atomic E-state index is 0.0366. The predicted molar refractivity (Wildman–Crippen MR) is 93.0 cm³/mol. The van der Waals surface area contributed by atoms with Gasteiger partial charge < -0.3 is 10.6 Å². The van der Waals surface area contributed by atoms with Gasteiger partial charge in [0.2, 0.25) is 15.9 Å². The van der Waals surface area contributed by atoms with Crippen LogP contribution in [-0.2, 0) is 14.8 Å². The van der Waals surface area contributed by atoms with Gasteiger partial charge in [-0.15, -0.1) is 0 Å². The second-order valence-electron chi connectivity index (χ2n) is 5.95. The number of amides is 1. The van der Waals surface area contributed by atoms with Crippen molar-refractivity contribution in [1.29, 1.82) is 0 Å². The number of sulfonamides is 1. The molecule has 0 spiro atoms. The number of benzene rings is 1. The molecule has 1 atom stereocenters. The van der Waals surface area contributed by atoms with Crippen LogP contribution >= 0.6 is 0 Å². The SMILES string of the molecule is CCCS(=O)(=O)Nc1cccc(NC(=O)CCC2CCNC2)c1. The van der Waals surface area contributed by atoms with Crippen molar-refractivity contribution in [1.82, 2.24) is 5.32 Å². The van der Waals surface area contributed by atoms with E-state index in [9.17, 15) is 13.2 Å². The van der Waals surface area contributed by atoms with E-state index in [2.05, 4.69) is 15.4 Å². The molecule has 7 heteroatoms. The minimum Gasteiger partial charge on any atom is -0.326 e. The van der Waals surface area contributed by atoms with Gasteiger partial charge in [0, 0.05) is 12.1 Å². The first-order chi connectivity index (χ1) is 11.0. The molecule has 1 aliphatic heterocycles. The number of hydrogen-bond acceptors (Lipinski definition) is 4. The molecule has 2 rings (SSSR count). The van der Waals surface area contributed by atoms with Gasteiger partial charge in [0.1, 0.15) is 0 Å². The van der Waals surface area contributed by atoms with Gasteiger partial charge in [0.15, 0.2) is 0 Å². The highest BCUT2D eigenvalue weighted by molar-refractivity contribution is 7.92. The Morgan fingerprint density at radius 2 is 2.13 bits per heavy atom. The van der Waals surface area contributed by atoms with E-state index >= 15 is 0 Å². The third-order valence-electron chi connectivity index (χ3n) is 3.83. The fourth-order valence-electron chi connectivity index (χ4n) is 2.68. The molecule has 3 N–H and O–H groups in total. The Kier molecular flexibility index (Phi) is 6.41. The lowest BCUT2D eigenvalue weighted by Crippen LogP contribution is -2.17. The van der Waals surface area contributed by atoms with Crippen molar-refractivity contribution in [2.75, 3.05) is 28.9 Å². The molecule has 0 aromatic heterocycles. The van der Waals surface area contributed by atoms with Gasteiger partial charge in [-0.25, -0.2) is 8.42 Å². The van der Waals surface area contributed by atoms with Crippen molar-refractivity contribution in [3.05, 3.63) is 24.3 Å². The van der Waals surface area contributed by atoms with E-state index in [1.165, 1.54) is 0 Å². The largest absolute Gasteiger partial charge is 0.326 e. The predicted octanol–water partition coefficient (Wildman–Crippen LogP) is 2.17. The Hall–Kier alpha value is -1.60. The third kappa shape index (κ3) is 6.19. The van der Waals surface area contributed by atoms with Crippen LogP contribution in [0.25, 0.3) is 0 Å². The summed E-state index contributed by atoms with van der Waals surface area (Å²) in [4.78, 5) is 12.0. The minimum atomic E-state index is -3.32. The van der Waals surface area contributed by atoms with E-state index in [-0.39, 0.29) is 11.7 Å². The molecule has 1 aromatic carbocycles. The maximum absolute atomic E-state index is 12.0. The highest BCUT2D eigenvalue weighted by Crippen LogP contribution is 2.18. The van der Waals surface area contributed by atoms with Gasteiger partial charge in [-0.05, 0) is 56.5 Å². The molecule has 1 aliphatic rings. The molecule has 1 heterocycles. The van der Waals surface area contributed by atoms with E-state index in [0.717, 1.165) is 25.9 Å². The van der Waals surface area contributed by atoms with E-state index in [0.29, 0.717) is 30.1 Å². The van der Waals surface area contributed by atoms with Crippen molar-refractivity contribution >= 4 is 27.3 Å². The van der Waals surface area contributed by atoms with E-state index in [1.807, 2.05) is 6.92 Å². The van der Waals surface area contributed by atoms with E-state index < -0.39 is 10.0 Å². The highest BCUT2D eigenvalue weighted by Gasteiger charge is 2.16. The number of carbonyl (C=O) groups excluding carboxylic acids is 1. The van der Waals surface area contributed by atoms with Crippen molar-refractivity contribution in [2.24, 2.45) is 5.92 Å². The van der Waals surface area contributed by atoms with Crippen molar-refractivity contribution in [3.63, 3.8) is 0 Å². The Balaban J connectivity index is 1.87. The lowest BCUT2D eigenvalue weighted by atomic mass is 10.0. The molecule has 0 radical (unpaired) electrons. The summed E-state index contributed by atoms with van der Waals surface area (Å²) in [6.45, 7) is 3.84. The van der Waals surface area contributed by atoms with E-state index in [1.54, 1.807) is 24.3 Å². The molecule has 0 bridgehead atoms. The van der Waals surface area contributed by atoms with Gasteiger partial charge in [-0.3, -0.25) is 9.52 Å². The number of hydrogen-bond donors (Lipinski definition) is 3. The number of anilines is 2. The fourth-order valence-corrected chi connectivity index (χ4v) is 3.80. The summed E-state index contributed by atoms with van der Waals surface area (Å²) in [5, 5.41) is 6.12. The van der Waals surface area contributed by atoms with E-state index in [4.69, 9.17) is 0 Å². The molecule has 1 amide bonds. The number of nitrogens with one attached hydrogen (secondary N) is 3. The van der Waals surface area contributed by atoms with Gasteiger partial charge >= 0.3 is 0 Å². The van der Waals surface area contributed by atoms with Crippen LogP contribution in [0.1, 0.15) is 32.6 Å². The Morgan fingerprint density at radius 1 is 1.35 bits per heavy atom. The zero-order valence-corrected chi connectivity index (χ0v) is 14.3. The summed E-state index contributed by atoms with van der Waals surface area (Å²) in [6.07, 6.45) is 3.05. The molecule has 0 saturated carbocycles. The summed E-state index contributed by atoms with van der Waals surface area (Å²) in [5.74, 6) is 0.623. The van der Waals surface area contributed by atoms with Gasteiger partial charge in [-0.1, -0.05) is 13.0 Å². The zero-order chi connectivity index (χ0) is 16.7. The molecule has 1 fully saturated rings. The maximum atomic E-state index is 12.0. The normalized spacial score (nSPS) is 17.9. The Labute approximate surface area is 138 Å². The van der Waals surface area contributed by atoms with Crippen LogP contribution in [0.4, 0.5) is 11.4 Å². The highest BCUT2D eigenvalue weighted by atomic mass is 32.2. The van der Waals surface area contributed by atoms with Crippen molar-refractivity contribution in [2.45, 2.75) is 32.6 Å². The van der Waals surface area contributed by atoms with Crippen LogP contribution in [0.15, 0.2) is 24.3 Å². The number of rotatable bonds is 8. The van der Waals surface area contributed by atoms with Crippen LogP contribution in [0.2, 0.25) is 0 Å². The first kappa shape index (κ1) is 17.7. The molecule has 1 unspecified atom stereocenters. The van der Waals surface area contributed by atoms with Gasteiger partial charge in [0.25, 0.3) is 0 Å². The summed E-state index contributed by atoms with van der Waals surface area (Å²) < 4.78 is 26.1. The molecule has 1 saturated heterocycles. The Morgan fingerprint density at radius 3 is 2.83 bits per heavy atom. The lowest BCUT2D eigenvalue weighted by molar-refractivity contribution is -0.116. The summed E-state index contributed by atoms with van der Waals surface area (Å²) in [6, 6.07) is 6.79. The third-order valence-corrected chi connectivity index (χ3v) is 5.33. The average Bonchev–Trinajstić information content (AvgIpc) is 2.98. The van der Waals surface area contributed by atoms with Crippen LogP contribution in [-0.4, -0.2) is 33.2 Å². The van der Waals surface area contributed by atoms with Crippen molar-refractivity contribution < 1.29 is 13.2 Å². The standard InChI is InChI=1S/C16H25N3O3S/c1-2-10-23(21,22)19-15-5-3-4-14(11-15)18-16(20)7-6-13-8-9-17-12-13/h3-5,11,13,17,19H,2,6-10,12H2,1H3,(H,18,20). The van der Waals surface area contributed by atoms with Gasteiger partial charge in [-0.2, -0.15) is 0 Å². The molecular weight excluding hydrogens is 314 g/mol. The first-order valence-corrected chi connectivity index (χ1v) is 9.75. The molecule has 0 aliphatic carbocycles. The second kappa shape index (κ2) is 8.31. The fraction of sp³-hybridized carbons (Fsp3) is 0.562. The maximum Gasteiger partial charge on any atom is 0.232 e. The summed E-state index contributed by atoms with van der Waals surface area (Å²) >= 11 is 0. The monoisotopic (exact) mass is 339 g/mol.